The summed E-state index contributed by atoms with van der Waals surface area (Å²) in [5.41, 5.74) is 14.3. The van der Waals surface area contributed by atoms with Crippen molar-refractivity contribution < 1.29 is 9.59 Å². The summed E-state index contributed by atoms with van der Waals surface area (Å²) in [6.45, 7) is 0.399. The molecule has 4 rings (SSSR count). The Balaban J connectivity index is 1.58. The number of amides is 2. The van der Waals surface area contributed by atoms with E-state index >= 15 is 0 Å². The van der Waals surface area contributed by atoms with Crippen molar-refractivity contribution in [3.05, 3.63) is 95.6 Å². The summed E-state index contributed by atoms with van der Waals surface area (Å²) >= 11 is 6.08. The van der Waals surface area contributed by atoms with Gasteiger partial charge in [0, 0.05) is 46.5 Å². The van der Waals surface area contributed by atoms with Crippen LogP contribution in [0.5, 0.6) is 0 Å². The van der Waals surface area contributed by atoms with E-state index < -0.39 is 0 Å². The van der Waals surface area contributed by atoms with Crippen molar-refractivity contribution in [2.75, 3.05) is 24.5 Å². The van der Waals surface area contributed by atoms with Crippen LogP contribution in [0.2, 0.25) is 5.02 Å². The number of guanidine groups is 1. The average molecular weight is 517 g/mol. The Labute approximate surface area is 220 Å². The van der Waals surface area contributed by atoms with Crippen LogP contribution in [0, 0.1) is 0 Å². The molecular weight excluding hydrogens is 488 g/mol. The highest BCUT2D eigenvalue weighted by Gasteiger charge is 2.24. The van der Waals surface area contributed by atoms with Crippen LogP contribution in [-0.2, 0) is 16.0 Å². The first-order chi connectivity index (χ1) is 17.9. The van der Waals surface area contributed by atoms with Gasteiger partial charge in [-0.05, 0) is 54.4 Å². The number of anilines is 2. The van der Waals surface area contributed by atoms with Crippen LogP contribution < -0.4 is 16.4 Å². The highest BCUT2D eigenvalue weighted by atomic mass is 35.5. The summed E-state index contributed by atoms with van der Waals surface area (Å²) < 4.78 is 0. The molecule has 0 atom stereocenters. The van der Waals surface area contributed by atoms with E-state index in [4.69, 9.17) is 23.1 Å². The fourth-order valence-corrected chi connectivity index (χ4v) is 4.29. The SMILES string of the molecule is NC(N)=NCCC(=O)N(CCc1c[nH]c2ccccc12)CC(=O)N(c1ccccc1)c1ccc(Cl)cc1. The molecule has 0 saturated heterocycles. The van der Waals surface area contributed by atoms with E-state index in [1.165, 1.54) is 0 Å². The minimum Gasteiger partial charge on any atom is -0.370 e. The summed E-state index contributed by atoms with van der Waals surface area (Å²) in [5, 5.41) is 1.66. The second kappa shape index (κ2) is 12.1. The van der Waals surface area contributed by atoms with Crippen molar-refractivity contribution in [3.8, 4) is 0 Å². The van der Waals surface area contributed by atoms with Crippen molar-refractivity contribution >= 4 is 51.7 Å². The first-order valence-corrected chi connectivity index (χ1v) is 12.3. The number of benzene rings is 3. The van der Waals surface area contributed by atoms with Gasteiger partial charge in [0.05, 0.1) is 6.54 Å². The number of halogens is 1. The number of fused-ring (bicyclic) bond motifs is 1. The Morgan fingerprint density at radius 3 is 2.27 bits per heavy atom. The number of carbonyl (C=O) groups excluding carboxylic acids is 2. The number of aliphatic imine (C=N–C) groups is 1. The number of para-hydroxylation sites is 2. The Hall–Kier alpha value is -4.30. The standard InChI is InChI=1S/C28H29ClN6O2/c29-21-10-12-23(13-11-21)35(22-6-2-1-3-7-22)27(37)19-34(26(36)14-16-32-28(30)31)17-15-20-18-33-25-9-5-4-8-24(20)25/h1-13,18,33H,14-17,19H2,(H4,30,31,32). The number of H-pyrrole nitrogens is 1. The summed E-state index contributed by atoms with van der Waals surface area (Å²) in [5.74, 6) is -0.530. The van der Waals surface area contributed by atoms with E-state index in [1.807, 2.05) is 60.8 Å². The predicted octanol–water partition coefficient (Wildman–Crippen LogP) is 4.22. The molecule has 9 heteroatoms. The first-order valence-electron chi connectivity index (χ1n) is 11.9. The summed E-state index contributed by atoms with van der Waals surface area (Å²) in [6, 6.07) is 24.3. The molecule has 4 aromatic rings. The summed E-state index contributed by atoms with van der Waals surface area (Å²) in [4.78, 5) is 37.3. The van der Waals surface area contributed by atoms with Gasteiger partial charge in [-0.15, -0.1) is 0 Å². The third-order valence-electron chi connectivity index (χ3n) is 5.97. The normalized spacial score (nSPS) is 10.7. The van der Waals surface area contributed by atoms with E-state index in [1.54, 1.807) is 34.1 Å². The number of hydrogen-bond donors (Lipinski definition) is 3. The highest BCUT2D eigenvalue weighted by Crippen LogP contribution is 2.27. The van der Waals surface area contributed by atoms with Crippen LogP contribution in [0.1, 0.15) is 12.0 Å². The van der Waals surface area contributed by atoms with Gasteiger partial charge >= 0.3 is 0 Å². The molecule has 0 bridgehead atoms. The van der Waals surface area contributed by atoms with Crippen LogP contribution >= 0.6 is 11.6 Å². The highest BCUT2D eigenvalue weighted by molar-refractivity contribution is 6.30. The van der Waals surface area contributed by atoms with Crippen molar-refractivity contribution in [2.24, 2.45) is 16.5 Å². The smallest absolute Gasteiger partial charge is 0.251 e. The maximum Gasteiger partial charge on any atom is 0.251 e. The number of aromatic amines is 1. The number of carbonyl (C=O) groups is 2. The van der Waals surface area contributed by atoms with Gasteiger partial charge in [0.15, 0.2) is 5.96 Å². The van der Waals surface area contributed by atoms with Crippen LogP contribution in [0.3, 0.4) is 0 Å². The molecule has 0 saturated carbocycles. The van der Waals surface area contributed by atoms with Crippen molar-refractivity contribution in [1.29, 1.82) is 0 Å². The van der Waals surface area contributed by atoms with Crippen LogP contribution in [0.25, 0.3) is 10.9 Å². The van der Waals surface area contributed by atoms with E-state index in [0.717, 1.165) is 16.5 Å². The number of rotatable bonds is 10. The lowest BCUT2D eigenvalue weighted by Crippen LogP contribution is -2.42. The largest absolute Gasteiger partial charge is 0.370 e. The quantitative estimate of drug-likeness (QED) is 0.216. The van der Waals surface area contributed by atoms with Gasteiger partial charge in [-0.1, -0.05) is 48.0 Å². The monoisotopic (exact) mass is 516 g/mol. The molecule has 0 unspecified atom stereocenters. The Kier molecular flexibility index (Phi) is 8.43. The van der Waals surface area contributed by atoms with Crippen molar-refractivity contribution in [2.45, 2.75) is 12.8 Å². The second-order valence-corrected chi connectivity index (χ2v) is 8.96. The van der Waals surface area contributed by atoms with E-state index in [0.29, 0.717) is 29.4 Å². The van der Waals surface area contributed by atoms with E-state index in [2.05, 4.69) is 9.98 Å². The van der Waals surface area contributed by atoms with Crippen molar-refractivity contribution in [1.82, 2.24) is 9.88 Å². The maximum absolute atomic E-state index is 13.7. The molecule has 1 heterocycles. The molecule has 0 aliphatic heterocycles. The lowest BCUT2D eigenvalue weighted by Gasteiger charge is -2.28. The molecule has 0 aliphatic carbocycles. The second-order valence-electron chi connectivity index (χ2n) is 8.52. The fraction of sp³-hybridized carbons (Fsp3) is 0.179. The van der Waals surface area contributed by atoms with Gasteiger partial charge in [-0.3, -0.25) is 19.5 Å². The van der Waals surface area contributed by atoms with Crippen LogP contribution in [-0.4, -0.2) is 47.3 Å². The van der Waals surface area contributed by atoms with Gasteiger partial charge in [0.1, 0.15) is 6.54 Å². The van der Waals surface area contributed by atoms with Crippen molar-refractivity contribution in [3.63, 3.8) is 0 Å². The Morgan fingerprint density at radius 1 is 0.865 bits per heavy atom. The lowest BCUT2D eigenvalue weighted by atomic mass is 10.1. The molecule has 0 spiro atoms. The zero-order chi connectivity index (χ0) is 26.2. The number of nitrogens with two attached hydrogens (primary N) is 2. The minimum atomic E-state index is -0.248. The zero-order valence-corrected chi connectivity index (χ0v) is 21.1. The summed E-state index contributed by atoms with van der Waals surface area (Å²) in [7, 11) is 0. The lowest BCUT2D eigenvalue weighted by molar-refractivity contribution is -0.134. The molecule has 5 N–H and O–H groups in total. The number of aromatic nitrogens is 1. The minimum absolute atomic E-state index is 0.0767. The molecular formula is C28H29ClN6O2. The molecule has 3 aromatic carbocycles. The van der Waals surface area contributed by atoms with Gasteiger partial charge < -0.3 is 21.4 Å². The van der Waals surface area contributed by atoms with Gasteiger partial charge in [-0.25, -0.2) is 0 Å². The number of hydrogen-bond acceptors (Lipinski definition) is 3. The number of nitrogens with zero attached hydrogens (tertiary/aromatic N) is 3. The van der Waals surface area contributed by atoms with E-state index in [9.17, 15) is 9.59 Å². The maximum atomic E-state index is 13.7. The Bertz CT molecular complexity index is 1380. The number of nitrogens with one attached hydrogen (secondary N) is 1. The predicted molar refractivity (Wildman–Crippen MR) is 149 cm³/mol. The summed E-state index contributed by atoms with van der Waals surface area (Å²) in [6.07, 6.45) is 2.61. The molecule has 190 valence electrons. The first kappa shape index (κ1) is 25.8. The third kappa shape index (κ3) is 6.68. The van der Waals surface area contributed by atoms with Gasteiger partial charge in [-0.2, -0.15) is 0 Å². The molecule has 0 fully saturated rings. The molecule has 2 amide bonds. The average Bonchev–Trinajstić information content (AvgIpc) is 3.31. The van der Waals surface area contributed by atoms with Gasteiger partial charge in [0.25, 0.3) is 5.91 Å². The molecule has 37 heavy (non-hydrogen) atoms. The molecule has 8 nitrogen and oxygen atoms in total. The fourth-order valence-electron chi connectivity index (χ4n) is 4.16. The third-order valence-corrected chi connectivity index (χ3v) is 6.23. The van der Waals surface area contributed by atoms with Crippen LogP contribution in [0.15, 0.2) is 90.1 Å². The van der Waals surface area contributed by atoms with E-state index in [-0.39, 0.29) is 37.3 Å². The molecule has 1 aromatic heterocycles. The molecule has 0 aliphatic rings. The van der Waals surface area contributed by atoms with Crippen LogP contribution in [0.4, 0.5) is 11.4 Å². The van der Waals surface area contributed by atoms with Gasteiger partial charge in [0.2, 0.25) is 5.91 Å². The molecule has 0 radical (unpaired) electrons. The zero-order valence-electron chi connectivity index (χ0n) is 20.3. The topological polar surface area (TPSA) is 121 Å². The Morgan fingerprint density at radius 2 is 1.54 bits per heavy atom.